The van der Waals surface area contributed by atoms with E-state index >= 15 is 0 Å². The molecule has 0 unspecified atom stereocenters. The summed E-state index contributed by atoms with van der Waals surface area (Å²) in [5.74, 6) is 0. The molecule has 33 heavy (non-hydrogen) atoms. The maximum Gasteiger partial charge on any atom is 0.101 e. The fourth-order valence-corrected chi connectivity index (χ4v) is 5.33. The largest absolute Gasteiger partial charge is 0.369 e. The van der Waals surface area contributed by atoms with Crippen molar-refractivity contribution in [2.24, 2.45) is 0 Å². The fraction of sp³-hybridized carbons (Fsp3) is 0.407. The fourth-order valence-electron chi connectivity index (χ4n) is 5.33. The molecule has 0 radical (unpaired) electrons. The zero-order valence-electron chi connectivity index (χ0n) is 19.5. The van der Waals surface area contributed by atoms with E-state index in [2.05, 4.69) is 81.3 Å². The average Bonchev–Trinajstić information content (AvgIpc) is 2.86. The minimum absolute atomic E-state index is 0.420. The number of rotatable bonds is 4. The third kappa shape index (κ3) is 4.39. The van der Waals surface area contributed by atoms with Crippen LogP contribution in [0.25, 0.3) is 10.9 Å². The first kappa shape index (κ1) is 21.7. The Labute approximate surface area is 196 Å². The first-order valence-corrected chi connectivity index (χ1v) is 12.0. The van der Waals surface area contributed by atoms with E-state index in [0.29, 0.717) is 17.6 Å². The molecule has 2 aromatic carbocycles. The van der Waals surface area contributed by atoms with Crippen LogP contribution in [0.1, 0.15) is 25.0 Å². The summed E-state index contributed by atoms with van der Waals surface area (Å²) < 4.78 is 0. The number of benzene rings is 2. The van der Waals surface area contributed by atoms with E-state index in [1.165, 1.54) is 16.9 Å². The highest BCUT2D eigenvalue weighted by molar-refractivity contribution is 5.95. The second kappa shape index (κ2) is 9.38. The molecule has 3 aromatic rings. The Kier molecular flexibility index (Phi) is 6.17. The van der Waals surface area contributed by atoms with Gasteiger partial charge in [-0.1, -0.05) is 12.1 Å². The maximum absolute atomic E-state index is 9.47. The normalized spacial score (nSPS) is 21.8. The van der Waals surface area contributed by atoms with Crippen LogP contribution in [0.15, 0.2) is 54.7 Å². The van der Waals surface area contributed by atoms with Gasteiger partial charge in [-0.3, -0.25) is 9.88 Å². The van der Waals surface area contributed by atoms with E-state index in [-0.39, 0.29) is 0 Å². The summed E-state index contributed by atoms with van der Waals surface area (Å²) in [6.45, 7) is 11.8. The van der Waals surface area contributed by atoms with Crippen LogP contribution in [0.3, 0.4) is 0 Å². The van der Waals surface area contributed by atoms with Crippen molar-refractivity contribution in [3.8, 4) is 6.07 Å². The Bertz CT molecular complexity index is 1130. The zero-order chi connectivity index (χ0) is 22.8. The van der Waals surface area contributed by atoms with Crippen molar-refractivity contribution in [1.82, 2.24) is 15.2 Å². The molecule has 6 nitrogen and oxygen atoms in total. The molecule has 2 atom stereocenters. The van der Waals surface area contributed by atoms with E-state index in [1.54, 1.807) is 6.20 Å². The van der Waals surface area contributed by atoms with Gasteiger partial charge >= 0.3 is 0 Å². The molecule has 0 bridgehead atoms. The maximum atomic E-state index is 9.47. The van der Waals surface area contributed by atoms with Crippen LogP contribution in [0.2, 0.25) is 0 Å². The van der Waals surface area contributed by atoms with Gasteiger partial charge in [0.15, 0.2) is 0 Å². The smallest absolute Gasteiger partial charge is 0.101 e. The number of anilines is 2. The van der Waals surface area contributed by atoms with Gasteiger partial charge in [0.2, 0.25) is 0 Å². The van der Waals surface area contributed by atoms with Gasteiger partial charge < -0.3 is 15.1 Å². The predicted octanol–water partition coefficient (Wildman–Crippen LogP) is 3.62. The van der Waals surface area contributed by atoms with Crippen LogP contribution in [-0.4, -0.2) is 61.2 Å². The Morgan fingerprint density at radius 2 is 1.70 bits per heavy atom. The van der Waals surface area contributed by atoms with Gasteiger partial charge in [-0.15, -0.1) is 0 Å². The third-order valence-electron chi connectivity index (χ3n) is 7.09. The number of piperazine rings is 2. The molecular weight excluding hydrogens is 408 g/mol. The molecule has 170 valence electrons. The molecule has 1 N–H and O–H groups in total. The Balaban J connectivity index is 1.30. The second-order valence-electron chi connectivity index (χ2n) is 9.32. The van der Waals surface area contributed by atoms with Crippen LogP contribution in [-0.2, 0) is 6.54 Å². The van der Waals surface area contributed by atoms with Gasteiger partial charge in [-0.25, -0.2) is 0 Å². The number of hydrogen-bond donors (Lipinski definition) is 1. The summed E-state index contributed by atoms with van der Waals surface area (Å²) in [6.07, 6.45) is 1.77. The van der Waals surface area contributed by atoms with Crippen molar-refractivity contribution in [3.63, 3.8) is 0 Å². The van der Waals surface area contributed by atoms with Crippen molar-refractivity contribution >= 4 is 22.3 Å². The quantitative estimate of drug-likeness (QED) is 0.669. The van der Waals surface area contributed by atoms with E-state index in [9.17, 15) is 5.26 Å². The summed E-state index contributed by atoms with van der Waals surface area (Å²) >= 11 is 0. The van der Waals surface area contributed by atoms with Crippen LogP contribution in [0, 0.1) is 11.3 Å². The third-order valence-corrected chi connectivity index (χ3v) is 7.09. The van der Waals surface area contributed by atoms with E-state index < -0.39 is 0 Å². The molecule has 2 aliphatic heterocycles. The molecule has 5 rings (SSSR count). The standard InChI is InChI=1S/C27H32N6/c1-20-17-32(26-10-7-23(16-28)27-25(26)4-3-11-30-27)18-21(2)33(20)19-22-5-8-24(9-6-22)31-14-12-29-13-15-31/h3-11,20-21,29H,12-15,17-19H2,1-2H3/t20-,21-/m1/s1. The average molecular weight is 441 g/mol. The van der Waals surface area contributed by atoms with Gasteiger partial charge in [0.25, 0.3) is 0 Å². The summed E-state index contributed by atoms with van der Waals surface area (Å²) in [7, 11) is 0. The van der Waals surface area contributed by atoms with Crippen LogP contribution in [0.4, 0.5) is 11.4 Å². The second-order valence-corrected chi connectivity index (χ2v) is 9.32. The van der Waals surface area contributed by atoms with E-state index in [1.807, 2.05) is 12.1 Å². The molecule has 0 saturated carbocycles. The molecule has 0 spiro atoms. The SMILES string of the molecule is C[C@@H]1CN(c2ccc(C#N)c3ncccc23)C[C@@H](C)N1Cc1ccc(N2CCNCC2)cc1. The van der Waals surface area contributed by atoms with Crippen molar-refractivity contribution in [1.29, 1.82) is 5.26 Å². The molecule has 2 aliphatic rings. The van der Waals surface area contributed by atoms with Gasteiger partial charge in [0.1, 0.15) is 6.07 Å². The van der Waals surface area contributed by atoms with E-state index in [0.717, 1.165) is 56.7 Å². The number of aromatic nitrogens is 1. The number of nitrogens with zero attached hydrogens (tertiary/aromatic N) is 5. The molecular formula is C27H32N6. The first-order chi connectivity index (χ1) is 16.1. The number of nitrogens with one attached hydrogen (secondary N) is 1. The lowest BCUT2D eigenvalue weighted by atomic mass is 10.0. The lowest BCUT2D eigenvalue weighted by molar-refractivity contribution is 0.123. The summed E-state index contributed by atoms with van der Waals surface area (Å²) in [5.41, 5.74) is 5.31. The molecule has 1 aromatic heterocycles. The molecule has 3 heterocycles. The molecule has 0 amide bonds. The van der Waals surface area contributed by atoms with Crippen molar-refractivity contribution in [2.45, 2.75) is 32.5 Å². The van der Waals surface area contributed by atoms with Crippen molar-refractivity contribution in [3.05, 3.63) is 65.9 Å². The number of fused-ring (bicyclic) bond motifs is 1. The highest BCUT2D eigenvalue weighted by atomic mass is 15.3. The number of hydrogen-bond acceptors (Lipinski definition) is 6. The van der Waals surface area contributed by atoms with E-state index in [4.69, 9.17) is 0 Å². The molecule has 6 heteroatoms. The first-order valence-electron chi connectivity index (χ1n) is 12.0. The highest BCUT2D eigenvalue weighted by Crippen LogP contribution is 2.31. The highest BCUT2D eigenvalue weighted by Gasteiger charge is 2.30. The molecule has 2 saturated heterocycles. The molecule has 0 aliphatic carbocycles. The minimum atomic E-state index is 0.420. The summed E-state index contributed by atoms with van der Waals surface area (Å²) in [5, 5.41) is 14.0. The van der Waals surface area contributed by atoms with Crippen LogP contribution < -0.4 is 15.1 Å². The van der Waals surface area contributed by atoms with Crippen LogP contribution >= 0.6 is 0 Å². The van der Waals surface area contributed by atoms with Crippen molar-refractivity contribution < 1.29 is 0 Å². The number of pyridine rings is 1. The minimum Gasteiger partial charge on any atom is -0.369 e. The Morgan fingerprint density at radius 3 is 2.39 bits per heavy atom. The number of nitriles is 1. The van der Waals surface area contributed by atoms with Crippen LogP contribution in [0.5, 0.6) is 0 Å². The van der Waals surface area contributed by atoms with Gasteiger partial charge in [-0.2, -0.15) is 5.26 Å². The Morgan fingerprint density at radius 1 is 0.970 bits per heavy atom. The van der Waals surface area contributed by atoms with Gasteiger partial charge in [0, 0.05) is 80.9 Å². The molecule has 2 fully saturated rings. The monoisotopic (exact) mass is 440 g/mol. The topological polar surface area (TPSA) is 58.4 Å². The summed E-state index contributed by atoms with van der Waals surface area (Å²) in [6, 6.07) is 20.3. The lowest BCUT2D eigenvalue weighted by Gasteiger charge is -2.45. The Hall–Kier alpha value is -3.14. The van der Waals surface area contributed by atoms with Gasteiger partial charge in [0.05, 0.1) is 11.1 Å². The lowest BCUT2D eigenvalue weighted by Crippen LogP contribution is -2.56. The summed E-state index contributed by atoms with van der Waals surface area (Å²) in [4.78, 5) is 12.0. The zero-order valence-corrected chi connectivity index (χ0v) is 19.5. The van der Waals surface area contributed by atoms with Crippen molar-refractivity contribution in [2.75, 3.05) is 49.1 Å². The predicted molar refractivity (Wildman–Crippen MR) is 135 cm³/mol. The van der Waals surface area contributed by atoms with Gasteiger partial charge in [-0.05, 0) is 55.8 Å².